The maximum absolute atomic E-state index is 5.47. The summed E-state index contributed by atoms with van der Waals surface area (Å²) in [5.74, 6) is 0. The third kappa shape index (κ3) is 4.83. The van der Waals surface area contributed by atoms with Gasteiger partial charge in [-0.2, -0.15) is 0 Å². The number of likely N-dealkylation sites (tertiary alicyclic amines) is 1. The fraction of sp³-hybridized carbons (Fsp3) is 1.00. The van der Waals surface area contributed by atoms with Crippen LogP contribution in [0.15, 0.2) is 0 Å². The minimum atomic E-state index is -2.34. The van der Waals surface area contributed by atoms with Gasteiger partial charge >= 0.3 is 8.80 Å². The number of unbranched alkanes of at least 4 members (excludes halogenated alkanes) is 1. The lowest BCUT2D eigenvalue weighted by atomic mass is 10.2. The molecule has 0 spiro atoms. The molecule has 0 atom stereocenters. The molecule has 1 fully saturated rings. The number of quaternary nitrogens is 1. The molecule has 0 amide bonds. The van der Waals surface area contributed by atoms with E-state index in [2.05, 4.69) is 6.92 Å². The molecule has 0 radical (unpaired) electrons. The van der Waals surface area contributed by atoms with Crippen molar-refractivity contribution in [3.8, 4) is 0 Å². The van der Waals surface area contributed by atoms with Gasteiger partial charge in [-0.05, 0) is 19.3 Å². The average Bonchev–Trinajstić information content (AvgIpc) is 2.89. The summed E-state index contributed by atoms with van der Waals surface area (Å²) in [5, 5.41) is 0. The fourth-order valence-corrected chi connectivity index (χ4v) is 5.18. The van der Waals surface area contributed by atoms with Gasteiger partial charge in [-0.1, -0.05) is 6.92 Å². The molecule has 0 unspecified atom stereocenters. The second kappa shape index (κ2) is 8.37. The zero-order chi connectivity index (χ0) is 14.2. The minimum absolute atomic E-state index is 0.933. The van der Waals surface area contributed by atoms with Crippen LogP contribution in [0.3, 0.4) is 0 Å². The molecule has 0 aromatic carbocycles. The number of hydrogen-bond donors (Lipinski definition) is 0. The Labute approximate surface area is 120 Å². The Kier molecular flexibility index (Phi) is 7.53. The van der Waals surface area contributed by atoms with Crippen molar-refractivity contribution in [2.45, 2.75) is 45.1 Å². The van der Waals surface area contributed by atoms with Crippen molar-refractivity contribution in [1.82, 2.24) is 0 Å². The summed E-state index contributed by atoms with van der Waals surface area (Å²) < 4.78 is 17.8. The van der Waals surface area contributed by atoms with Gasteiger partial charge in [0.1, 0.15) is 0 Å². The quantitative estimate of drug-likeness (QED) is 0.352. The monoisotopic (exact) mass is 290 g/mol. The van der Waals surface area contributed by atoms with Crippen molar-refractivity contribution in [3.63, 3.8) is 0 Å². The van der Waals surface area contributed by atoms with E-state index in [-0.39, 0.29) is 0 Å². The average molecular weight is 291 g/mol. The van der Waals surface area contributed by atoms with Crippen LogP contribution >= 0.6 is 0 Å². The van der Waals surface area contributed by atoms with Crippen LogP contribution in [0, 0.1) is 0 Å². The SMILES string of the molecule is CCC[N+]1(CCCC[Si](OC)(OC)OC)CCCC1. The van der Waals surface area contributed by atoms with E-state index in [0.29, 0.717) is 0 Å². The maximum Gasteiger partial charge on any atom is 0.500 e. The van der Waals surface area contributed by atoms with E-state index in [4.69, 9.17) is 13.3 Å². The molecule has 0 aliphatic carbocycles. The molecular formula is C14H32NO3Si+. The number of nitrogens with zero attached hydrogens (tertiary/aromatic N) is 1. The van der Waals surface area contributed by atoms with Crippen LogP contribution in [-0.2, 0) is 13.3 Å². The summed E-state index contributed by atoms with van der Waals surface area (Å²) in [7, 11) is 2.75. The van der Waals surface area contributed by atoms with Gasteiger partial charge in [-0.3, -0.25) is 0 Å². The molecule has 19 heavy (non-hydrogen) atoms. The second-order valence-electron chi connectivity index (χ2n) is 5.70. The predicted molar refractivity (Wildman–Crippen MR) is 80.1 cm³/mol. The number of rotatable bonds is 10. The van der Waals surface area contributed by atoms with Crippen molar-refractivity contribution in [2.75, 3.05) is 47.5 Å². The second-order valence-corrected chi connectivity index (χ2v) is 8.79. The van der Waals surface area contributed by atoms with Gasteiger partial charge in [0, 0.05) is 40.2 Å². The molecule has 5 heteroatoms. The molecule has 0 N–H and O–H groups in total. The summed E-state index contributed by atoms with van der Waals surface area (Å²) in [6, 6.07) is 0.933. The van der Waals surface area contributed by atoms with E-state index >= 15 is 0 Å². The lowest BCUT2D eigenvalue weighted by Crippen LogP contribution is -2.47. The van der Waals surface area contributed by atoms with Crippen molar-refractivity contribution in [2.24, 2.45) is 0 Å². The molecule has 0 bridgehead atoms. The molecule has 4 nitrogen and oxygen atoms in total. The topological polar surface area (TPSA) is 27.7 Å². The predicted octanol–water partition coefficient (Wildman–Crippen LogP) is 2.67. The van der Waals surface area contributed by atoms with Crippen LogP contribution in [0.2, 0.25) is 6.04 Å². The highest BCUT2D eigenvalue weighted by Crippen LogP contribution is 2.23. The molecule has 0 saturated carbocycles. The van der Waals surface area contributed by atoms with Crippen LogP contribution in [0.25, 0.3) is 0 Å². The Bertz CT molecular complexity index is 233. The van der Waals surface area contributed by atoms with Crippen LogP contribution in [0.4, 0.5) is 0 Å². The van der Waals surface area contributed by atoms with Gasteiger partial charge in [0.15, 0.2) is 0 Å². The van der Waals surface area contributed by atoms with E-state index in [9.17, 15) is 0 Å². The Morgan fingerprint density at radius 1 is 0.895 bits per heavy atom. The summed E-state index contributed by atoms with van der Waals surface area (Å²) >= 11 is 0. The molecule has 1 heterocycles. The van der Waals surface area contributed by atoms with Crippen LogP contribution in [-0.4, -0.2) is 60.8 Å². The highest BCUT2D eigenvalue weighted by atomic mass is 28.4. The first-order valence-corrected chi connectivity index (χ1v) is 9.59. The Balaban J connectivity index is 2.32. The van der Waals surface area contributed by atoms with Crippen molar-refractivity contribution < 1.29 is 17.8 Å². The minimum Gasteiger partial charge on any atom is -0.377 e. The summed E-state index contributed by atoms with van der Waals surface area (Å²) in [4.78, 5) is 0. The zero-order valence-electron chi connectivity index (χ0n) is 13.2. The smallest absolute Gasteiger partial charge is 0.377 e. The molecule has 114 valence electrons. The van der Waals surface area contributed by atoms with E-state index < -0.39 is 8.80 Å². The molecule has 1 aliphatic heterocycles. The van der Waals surface area contributed by atoms with Gasteiger partial charge in [0.25, 0.3) is 0 Å². The molecule has 0 aromatic heterocycles. The summed E-state index contributed by atoms with van der Waals surface area (Å²) in [5.41, 5.74) is 0. The molecule has 1 saturated heterocycles. The molecular weight excluding hydrogens is 258 g/mol. The van der Waals surface area contributed by atoms with Gasteiger partial charge in [0.2, 0.25) is 0 Å². The highest BCUT2D eigenvalue weighted by molar-refractivity contribution is 6.60. The third-order valence-corrected chi connectivity index (χ3v) is 7.34. The van der Waals surface area contributed by atoms with Crippen molar-refractivity contribution >= 4 is 8.80 Å². The first-order chi connectivity index (χ1) is 9.16. The lowest BCUT2D eigenvalue weighted by molar-refractivity contribution is -0.917. The number of hydrogen-bond acceptors (Lipinski definition) is 3. The standard InChI is InChI=1S/C14H32NO3Si/c1-5-10-15(11-6-7-12-15)13-8-9-14-19(16-2,17-3)18-4/h5-14H2,1-4H3/q+1. The van der Waals surface area contributed by atoms with Gasteiger partial charge in [-0.25, -0.2) is 0 Å². The van der Waals surface area contributed by atoms with E-state index in [0.717, 1.165) is 12.5 Å². The normalized spacial score (nSPS) is 18.9. The van der Waals surface area contributed by atoms with E-state index in [1.165, 1.54) is 56.3 Å². The highest BCUT2D eigenvalue weighted by Gasteiger charge is 2.37. The molecule has 1 aliphatic rings. The van der Waals surface area contributed by atoms with E-state index in [1.54, 1.807) is 21.3 Å². The Morgan fingerprint density at radius 3 is 1.95 bits per heavy atom. The van der Waals surface area contributed by atoms with Gasteiger partial charge in [-0.15, -0.1) is 0 Å². The molecule has 0 aromatic rings. The maximum atomic E-state index is 5.47. The van der Waals surface area contributed by atoms with Gasteiger partial charge < -0.3 is 17.8 Å². The van der Waals surface area contributed by atoms with Crippen molar-refractivity contribution in [1.29, 1.82) is 0 Å². The van der Waals surface area contributed by atoms with Crippen LogP contribution < -0.4 is 0 Å². The Hall–Kier alpha value is 0.0569. The first-order valence-electron chi connectivity index (χ1n) is 7.66. The summed E-state index contributed by atoms with van der Waals surface area (Å²) in [6.45, 7) is 7.73. The zero-order valence-corrected chi connectivity index (χ0v) is 14.2. The van der Waals surface area contributed by atoms with E-state index in [1.807, 2.05) is 0 Å². The fourth-order valence-electron chi connectivity index (χ4n) is 3.38. The Morgan fingerprint density at radius 2 is 1.47 bits per heavy atom. The van der Waals surface area contributed by atoms with Crippen LogP contribution in [0.1, 0.15) is 39.0 Å². The van der Waals surface area contributed by atoms with Gasteiger partial charge in [0.05, 0.1) is 26.2 Å². The third-order valence-electron chi connectivity index (χ3n) is 4.51. The summed E-state index contributed by atoms with van der Waals surface area (Å²) in [6.07, 6.45) is 6.52. The van der Waals surface area contributed by atoms with Crippen molar-refractivity contribution in [3.05, 3.63) is 0 Å². The lowest BCUT2D eigenvalue weighted by Gasteiger charge is -2.34. The first kappa shape index (κ1) is 17.1. The molecule has 1 rings (SSSR count). The van der Waals surface area contributed by atoms with Crippen LogP contribution in [0.5, 0.6) is 0 Å². The largest absolute Gasteiger partial charge is 0.500 e.